The molecule has 3 nitrogen and oxygen atoms in total. The van der Waals surface area contributed by atoms with Crippen molar-refractivity contribution in [1.29, 1.82) is 0 Å². The lowest BCUT2D eigenvalue weighted by molar-refractivity contribution is 0.971. The third-order valence-corrected chi connectivity index (χ3v) is 14.4. The zero-order valence-electron chi connectivity index (χ0n) is 33.5. The smallest absolute Gasteiger partial charge is 0.0541 e. The SMILES string of the molecule is Clc1cc(-n2c3ccccc3c3ccccc32)cc(Cl)c1C(c1c(Cl)cc(-n2c3ccccc3c3ccccc32)cc1Cl)c1c(Cl)cc(-n2c3ccccc3c3ccccc32)cc1Cl. The van der Waals surface area contributed by atoms with E-state index in [1.807, 2.05) is 109 Å². The second kappa shape index (κ2) is 15.4. The van der Waals surface area contributed by atoms with Crippen molar-refractivity contribution in [1.82, 2.24) is 13.7 Å². The van der Waals surface area contributed by atoms with Crippen LogP contribution in [0.3, 0.4) is 0 Å². The Bertz CT molecular complexity index is 3260. The molecule has 0 atom stereocenters. The average Bonchev–Trinajstić information content (AvgIpc) is 3.94. The molecule has 0 bridgehead atoms. The van der Waals surface area contributed by atoms with Gasteiger partial charge in [-0.1, -0.05) is 179 Å². The highest BCUT2D eigenvalue weighted by molar-refractivity contribution is 6.40. The van der Waals surface area contributed by atoms with Gasteiger partial charge in [0.05, 0.1) is 33.1 Å². The van der Waals surface area contributed by atoms with Crippen molar-refractivity contribution in [3.05, 3.63) is 229 Å². The normalized spacial score (nSPS) is 12.0. The van der Waals surface area contributed by atoms with Crippen molar-refractivity contribution in [2.45, 2.75) is 5.92 Å². The number of hydrogen-bond acceptors (Lipinski definition) is 0. The van der Waals surface area contributed by atoms with Crippen LogP contribution < -0.4 is 0 Å². The third kappa shape index (κ3) is 6.03. The Morgan fingerprint density at radius 2 is 0.422 bits per heavy atom. The van der Waals surface area contributed by atoms with Gasteiger partial charge in [0.15, 0.2) is 0 Å². The van der Waals surface area contributed by atoms with E-state index in [0.29, 0.717) is 46.8 Å². The fourth-order valence-electron chi connectivity index (χ4n) is 9.96. The van der Waals surface area contributed by atoms with E-state index in [0.717, 1.165) is 82.5 Å². The first kappa shape index (κ1) is 39.7. The molecule has 12 aromatic rings. The lowest BCUT2D eigenvalue weighted by Gasteiger charge is -2.27. The molecular formula is C55H31Cl6N3. The van der Waals surface area contributed by atoms with Crippen molar-refractivity contribution in [3.63, 3.8) is 0 Å². The second-order valence-electron chi connectivity index (χ2n) is 16.0. The molecule has 0 unspecified atom stereocenters. The van der Waals surface area contributed by atoms with Gasteiger partial charge in [0.1, 0.15) is 0 Å². The van der Waals surface area contributed by atoms with Gasteiger partial charge >= 0.3 is 0 Å². The predicted octanol–water partition coefficient (Wildman–Crippen LogP) is 18.1. The van der Waals surface area contributed by atoms with Gasteiger partial charge in [-0.2, -0.15) is 0 Å². The second-order valence-corrected chi connectivity index (χ2v) is 18.5. The van der Waals surface area contributed by atoms with Crippen LogP contribution in [0, 0.1) is 0 Å². The number of rotatable bonds is 6. The summed E-state index contributed by atoms with van der Waals surface area (Å²) in [6.07, 6.45) is 0. The van der Waals surface area contributed by atoms with E-state index in [2.05, 4.69) is 86.5 Å². The molecule has 0 fully saturated rings. The zero-order chi connectivity index (χ0) is 43.4. The Labute approximate surface area is 397 Å². The molecule has 0 N–H and O–H groups in total. The van der Waals surface area contributed by atoms with E-state index in [1.165, 1.54) is 0 Å². The first-order valence-electron chi connectivity index (χ1n) is 20.7. The summed E-state index contributed by atoms with van der Waals surface area (Å²) in [4.78, 5) is 0. The average molecular weight is 947 g/mol. The lowest BCUT2D eigenvalue weighted by atomic mass is 9.84. The van der Waals surface area contributed by atoms with Gasteiger partial charge in [0.2, 0.25) is 0 Å². The minimum atomic E-state index is -0.799. The quantitative estimate of drug-likeness (QED) is 0.148. The highest BCUT2D eigenvalue weighted by Gasteiger charge is 2.32. The van der Waals surface area contributed by atoms with Gasteiger partial charge in [-0.3, -0.25) is 0 Å². The highest BCUT2D eigenvalue weighted by atomic mass is 35.5. The zero-order valence-corrected chi connectivity index (χ0v) is 38.0. The van der Waals surface area contributed by atoms with Gasteiger partial charge in [-0.05, 0) is 72.8 Å². The molecule has 9 aromatic carbocycles. The number of halogens is 6. The van der Waals surface area contributed by atoms with Crippen molar-refractivity contribution in [2.24, 2.45) is 0 Å². The van der Waals surface area contributed by atoms with Crippen molar-refractivity contribution < 1.29 is 0 Å². The molecule has 0 aliphatic rings. The number of para-hydroxylation sites is 6. The summed E-state index contributed by atoms with van der Waals surface area (Å²) in [5.74, 6) is -0.799. The monoisotopic (exact) mass is 943 g/mol. The molecule has 3 aromatic heterocycles. The van der Waals surface area contributed by atoms with Crippen molar-refractivity contribution >= 4 is 135 Å². The number of nitrogens with zero attached hydrogens (tertiary/aromatic N) is 3. The Hall–Kier alpha value is -5.88. The summed E-state index contributed by atoms with van der Waals surface area (Å²) in [6.45, 7) is 0. The Kier molecular flexibility index (Phi) is 9.54. The van der Waals surface area contributed by atoms with Crippen LogP contribution in [0.4, 0.5) is 0 Å². The molecule has 308 valence electrons. The molecule has 12 rings (SSSR count). The van der Waals surface area contributed by atoms with Gasteiger partial charge in [0, 0.05) is 102 Å². The first-order valence-corrected chi connectivity index (χ1v) is 23.0. The highest BCUT2D eigenvalue weighted by Crippen LogP contribution is 2.51. The number of hydrogen-bond donors (Lipinski definition) is 0. The molecule has 3 heterocycles. The first-order chi connectivity index (χ1) is 31.3. The Morgan fingerprint density at radius 3 is 0.609 bits per heavy atom. The fraction of sp³-hybridized carbons (Fsp3) is 0.0182. The molecular weight excluding hydrogens is 915 g/mol. The molecule has 0 saturated heterocycles. The lowest BCUT2D eigenvalue weighted by Crippen LogP contribution is -2.10. The van der Waals surface area contributed by atoms with Crippen LogP contribution in [0.15, 0.2) is 182 Å². The topological polar surface area (TPSA) is 14.8 Å². The fourth-order valence-corrected chi connectivity index (χ4v) is 12.0. The Morgan fingerprint density at radius 1 is 0.250 bits per heavy atom. The maximum atomic E-state index is 7.57. The van der Waals surface area contributed by atoms with E-state index in [-0.39, 0.29) is 0 Å². The van der Waals surface area contributed by atoms with Gasteiger partial charge in [-0.25, -0.2) is 0 Å². The summed E-state index contributed by atoms with van der Waals surface area (Å²) in [5.41, 5.74) is 10.2. The molecule has 0 aliphatic carbocycles. The largest absolute Gasteiger partial charge is 0.309 e. The maximum Gasteiger partial charge on any atom is 0.0541 e. The van der Waals surface area contributed by atoms with E-state index < -0.39 is 5.92 Å². The third-order valence-electron chi connectivity index (χ3n) is 12.6. The number of benzene rings is 9. The standard InChI is InChI=1S/C55H31Cl6N3/c56-40-25-31(62-46-19-7-1-13-34(46)35-14-2-8-20-47(35)62)26-41(57)52(40)55(53-42(58)27-32(28-43(53)59)63-48-21-9-3-15-36(48)37-16-4-10-22-49(37)63)54-44(60)29-33(30-45(54)61)64-50-23-11-5-17-38(50)39-18-6-12-24-51(39)64/h1-30,55H. The van der Waals surface area contributed by atoms with Crippen LogP contribution in [0.25, 0.3) is 82.5 Å². The molecule has 64 heavy (non-hydrogen) atoms. The van der Waals surface area contributed by atoms with Crippen LogP contribution in [0.2, 0.25) is 30.1 Å². The summed E-state index contributed by atoms with van der Waals surface area (Å²) in [5, 5.41) is 9.10. The number of aromatic nitrogens is 3. The van der Waals surface area contributed by atoms with Crippen LogP contribution in [0.1, 0.15) is 22.6 Å². The molecule has 9 heteroatoms. The molecule has 0 radical (unpaired) electrons. The summed E-state index contributed by atoms with van der Waals surface area (Å²) < 4.78 is 6.55. The van der Waals surface area contributed by atoms with Crippen LogP contribution in [0.5, 0.6) is 0 Å². The van der Waals surface area contributed by atoms with Crippen LogP contribution in [-0.4, -0.2) is 13.7 Å². The summed E-state index contributed by atoms with van der Waals surface area (Å²) >= 11 is 45.4. The van der Waals surface area contributed by atoms with E-state index in [9.17, 15) is 0 Å². The summed E-state index contributed by atoms with van der Waals surface area (Å²) in [6, 6.07) is 61.5. The van der Waals surface area contributed by atoms with E-state index in [1.54, 1.807) is 0 Å². The van der Waals surface area contributed by atoms with Crippen LogP contribution >= 0.6 is 69.6 Å². The minimum absolute atomic E-state index is 0.395. The van der Waals surface area contributed by atoms with Crippen molar-refractivity contribution in [3.8, 4) is 17.1 Å². The molecule has 0 aliphatic heterocycles. The van der Waals surface area contributed by atoms with Gasteiger partial charge < -0.3 is 13.7 Å². The summed E-state index contributed by atoms with van der Waals surface area (Å²) in [7, 11) is 0. The van der Waals surface area contributed by atoms with E-state index in [4.69, 9.17) is 69.6 Å². The maximum absolute atomic E-state index is 7.57. The molecule has 0 saturated carbocycles. The van der Waals surface area contributed by atoms with Crippen LogP contribution in [-0.2, 0) is 0 Å². The predicted molar refractivity (Wildman–Crippen MR) is 273 cm³/mol. The number of fused-ring (bicyclic) bond motifs is 9. The molecule has 0 spiro atoms. The Balaban J connectivity index is 1.10. The van der Waals surface area contributed by atoms with Gasteiger partial charge in [0.25, 0.3) is 0 Å². The molecule has 0 amide bonds. The minimum Gasteiger partial charge on any atom is -0.309 e. The van der Waals surface area contributed by atoms with Crippen molar-refractivity contribution in [2.75, 3.05) is 0 Å². The van der Waals surface area contributed by atoms with E-state index >= 15 is 0 Å². The van der Waals surface area contributed by atoms with Gasteiger partial charge in [-0.15, -0.1) is 0 Å².